The summed E-state index contributed by atoms with van der Waals surface area (Å²) in [5.41, 5.74) is 0. The Morgan fingerprint density at radius 1 is 1.33 bits per heavy atom. The van der Waals surface area contributed by atoms with Crippen LogP contribution in [0.4, 0.5) is 0 Å². The van der Waals surface area contributed by atoms with Gasteiger partial charge in [0.2, 0.25) is 0 Å². The van der Waals surface area contributed by atoms with Gasteiger partial charge in [-0.15, -0.1) is 0 Å². The first-order valence-electron chi connectivity index (χ1n) is 1.97. The monoisotopic (exact) mass is 132 g/mol. The van der Waals surface area contributed by atoms with Crippen LogP contribution in [0.3, 0.4) is 0 Å². The quantitative estimate of drug-likeness (QED) is 0.364. The van der Waals surface area contributed by atoms with Crippen LogP contribution in [0.25, 0.3) is 0 Å². The zero-order valence-corrected chi connectivity index (χ0v) is 4.69. The third-order valence-corrected chi connectivity index (χ3v) is 0.241. The van der Waals surface area contributed by atoms with Gasteiger partial charge in [0.1, 0.15) is 12.5 Å². The SMILES string of the molecule is C=CC(=O)O.OC=CO. The molecule has 4 nitrogen and oxygen atoms in total. The van der Waals surface area contributed by atoms with Crippen LogP contribution < -0.4 is 0 Å². The number of carbonyl (C=O) groups is 1. The van der Waals surface area contributed by atoms with Crippen LogP contribution in [0, 0.1) is 0 Å². The van der Waals surface area contributed by atoms with Crippen LogP contribution in [0.15, 0.2) is 25.2 Å². The lowest BCUT2D eigenvalue weighted by atomic mass is 10.7. The number of aliphatic hydroxyl groups excluding tert-OH is 2. The van der Waals surface area contributed by atoms with Crippen molar-refractivity contribution in [3.8, 4) is 0 Å². The zero-order chi connectivity index (χ0) is 7.70. The first kappa shape index (κ1) is 10.5. The Labute approximate surface area is 52.4 Å². The van der Waals surface area contributed by atoms with E-state index < -0.39 is 5.97 Å². The minimum Gasteiger partial charge on any atom is -0.512 e. The van der Waals surface area contributed by atoms with Crippen molar-refractivity contribution in [1.29, 1.82) is 0 Å². The van der Waals surface area contributed by atoms with Crippen LogP contribution >= 0.6 is 0 Å². The first-order chi connectivity index (χ1) is 4.18. The lowest BCUT2D eigenvalue weighted by Crippen LogP contribution is -1.82. The molecule has 0 heterocycles. The van der Waals surface area contributed by atoms with E-state index in [1.807, 2.05) is 0 Å². The van der Waals surface area contributed by atoms with Crippen LogP contribution in [-0.4, -0.2) is 21.3 Å². The van der Waals surface area contributed by atoms with E-state index in [9.17, 15) is 4.79 Å². The molecule has 0 aliphatic rings. The summed E-state index contributed by atoms with van der Waals surface area (Å²) < 4.78 is 0. The Kier molecular flexibility index (Phi) is 11.4. The number of aliphatic hydroxyl groups is 2. The van der Waals surface area contributed by atoms with Gasteiger partial charge in [0.25, 0.3) is 0 Å². The molecule has 0 saturated heterocycles. The lowest BCUT2D eigenvalue weighted by molar-refractivity contribution is -0.131. The highest BCUT2D eigenvalue weighted by Crippen LogP contribution is 1.54. The van der Waals surface area contributed by atoms with E-state index in [0.29, 0.717) is 12.5 Å². The normalized spacial score (nSPS) is 7.56. The Bertz CT molecular complexity index is 102. The molecule has 0 unspecified atom stereocenters. The van der Waals surface area contributed by atoms with E-state index in [1.165, 1.54) is 0 Å². The summed E-state index contributed by atoms with van der Waals surface area (Å²) in [5, 5.41) is 22.5. The molecule has 0 aliphatic heterocycles. The largest absolute Gasteiger partial charge is 0.512 e. The number of rotatable bonds is 1. The molecule has 0 aromatic heterocycles. The second kappa shape index (κ2) is 9.75. The molecule has 52 valence electrons. The Hall–Kier alpha value is -1.45. The van der Waals surface area contributed by atoms with Gasteiger partial charge in [0, 0.05) is 6.08 Å². The molecule has 0 atom stereocenters. The maximum absolute atomic E-state index is 9.25. The molecule has 0 aromatic carbocycles. The average Bonchev–Trinajstić information content (AvgIpc) is 1.89. The van der Waals surface area contributed by atoms with Crippen molar-refractivity contribution in [1.82, 2.24) is 0 Å². The third-order valence-electron chi connectivity index (χ3n) is 0.241. The Morgan fingerprint density at radius 2 is 1.56 bits per heavy atom. The van der Waals surface area contributed by atoms with Gasteiger partial charge in [-0.05, 0) is 0 Å². The molecule has 0 bridgehead atoms. The molecule has 3 N–H and O–H groups in total. The fourth-order valence-corrected chi connectivity index (χ4v) is 0. The van der Waals surface area contributed by atoms with Crippen molar-refractivity contribution in [3.63, 3.8) is 0 Å². The number of carboxylic acids is 1. The molecule has 0 saturated carbocycles. The van der Waals surface area contributed by atoms with Crippen LogP contribution in [0.5, 0.6) is 0 Å². The number of hydrogen-bond acceptors (Lipinski definition) is 3. The van der Waals surface area contributed by atoms with Crippen molar-refractivity contribution < 1.29 is 20.1 Å². The summed E-state index contributed by atoms with van der Waals surface area (Å²) in [6.07, 6.45) is 1.94. The van der Waals surface area contributed by atoms with Crippen LogP contribution in [-0.2, 0) is 4.79 Å². The van der Waals surface area contributed by atoms with Crippen molar-refractivity contribution >= 4 is 5.97 Å². The van der Waals surface area contributed by atoms with E-state index in [1.54, 1.807) is 0 Å². The first-order valence-corrected chi connectivity index (χ1v) is 1.97. The molecule has 0 spiro atoms. The lowest BCUT2D eigenvalue weighted by Gasteiger charge is -1.64. The number of hydrogen-bond donors (Lipinski definition) is 3. The summed E-state index contributed by atoms with van der Waals surface area (Å²) in [6, 6.07) is 0. The molecule has 4 heteroatoms. The highest BCUT2D eigenvalue weighted by atomic mass is 16.4. The molecular weight excluding hydrogens is 124 g/mol. The van der Waals surface area contributed by atoms with E-state index in [-0.39, 0.29) is 0 Å². The summed E-state index contributed by atoms with van der Waals surface area (Å²) in [4.78, 5) is 9.25. The fourth-order valence-electron chi connectivity index (χ4n) is 0. The van der Waals surface area contributed by atoms with Gasteiger partial charge in [-0.25, -0.2) is 4.79 Å². The molecular formula is C5H8O4. The predicted molar refractivity (Wildman–Crippen MR) is 32.2 cm³/mol. The van der Waals surface area contributed by atoms with E-state index in [0.717, 1.165) is 6.08 Å². The number of aliphatic carboxylic acids is 1. The van der Waals surface area contributed by atoms with Crippen molar-refractivity contribution in [2.75, 3.05) is 0 Å². The maximum Gasteiger partial charge on any atom is 0.327 e. The fraction of sp³-hybridized carbons (Fsp3) is 0. The Balaban J connectivity index is 0. The third kappa shape index (κ3) is 56.4. The minimum atomic E-state index is -0.981. The molecule has 0 amide bonds. The molecule has 0 aliphatic carbocycles. The van der Waals surface area contributed by atoms with Crippen molar-refractivity contribution in [2.45, 2.75) is 0 Å². The Morgan fingerprint density at radius 3 is 1.56 bits per heavy atom. The minimum absolute atomic E-state index is 0.556. The van der Waals surface area contributed by atoms with Gasteiger partial charge in [-0.3, -0.25) is 0 Å². The van der Waals surface area contributed by atoms with Crippen LogP contribution in [0.1, 0.15) is 0 Å². The molecule has 0 aromatic rings. The average molecular weight is 132 g/mol. The highest BCUT2D eigenvalue weighted by molar-refractivity contribution is 5.78. The summed E-state index contributed by atoms with van der Waals surface area (Å²) in [7, 11) is 0. The topological polar surface area (TPSA) is 77.8 Å². The number of carboxylic acid groups (broad SMARTS) is 1. The second-order valence-corrected chi connectivity index (χ2v) is 0.841. The van der Waals surface area contributed by atoms with Crippen molar-refractivity contribution in [2.24, 2.45) is 0 Å². The van der Waals surface area contributed by atoms with Gasteiger partial charge >= 0.3 is 5.97 Å². The summed E-state index contributed by atoms with van der Waals surface area (Å²) >= 11 is 0. The summed E-state index contributed by atoms with van der Waals surface area (Å²) in [5.74, 6) is -0.981. The molecule has 0 radical (unpaired) electrons. The van der Waals surface area contributed by atoms with E-state index in [4.69, 9.17) is 15.3 Å². The smallest absolute Gasteiger partial charge is 0.327 e. The molecule has 0 rings (SSSR count). The predicted octanol–water partition coefficient (Wildman–Crippen LogP) is 0.831. The van der Waals surface area contributed by atoms with Gasteiger partial charge in [-0.2, -0.15) is 0 Å². The standard InChI is InChI=1S/C3H4O2.C2H4O2/c1-2-3(4)5;3-1-2-4/h2H,1H2,(H,4,5);1-4H. The second-order valence-electron chi connectivity index (χ2n) is 0.841. The van der Waals surface area contributed by atoms with Gasteiger partial charge < -0.3 is 15.3 Å². The van der Waals surface area contributed by atoms with Gasteiger partial charge in [0.15, 0.2) is 0 Å². The van der Waals surface area contributed by atoms with Crippen LogP contribution in [0.2, 0.25) is 0 Å². The van der Waals surface area contributed by atoms with Gasteiger partial charge in [-0.1, -0.05) is 6.58 Å². The van der Waals surface area contributed by atoms with E-state index >= 15 is 0 Å². The zero-order valence-electron chi connectivity index (χ0n) is 4.69. The van der Waals surface area contributed by atoms with Gasteiger partial charge in [0.05, 0.1) is 0 Å². The summed E-state index contributed by atoms with van der Waals surface area (Å²) in [6.45, 7) is 2.96. The molecule has 0 fully saturated rings. The van der Waals surface area contributed by atoms with E-state index in [2.05, 4.69) is 6.58 Å². The highest BCUT2D eigenvalue weighted by Gasteiger charge is 1.73. The molecule has 9 heavy (non-hydrogen) atoms. The maximum atomic E-state index is 9.25. The van der Waals surface area contributed by atoms with Crippen molar-refractivity contribution in [3.05, 3.63) is 25.2 Å².